The SMILES string of the molecule is FC=CCc1cccc(F)c1. The van der Waals surface area contributed by atoms with Crippen LogP contribution in [0.2, 0.25) is 0 Å². The van der Waals surface area contributed by atoms with Gasteiger partial charge in [-0.15, -0.1) is 0 Å². The van der Waals surface area contributed by atoms with Crippen LogP contribution in [-0.2, 0) is 6.42 Å². The molecule has 11 heavy (non-hydrogen) atoms. The molecule has 0 saturated carbocycles. The van der Waals surface area contributed by atoms with E-state index in [0.29, 0.717) is 12.8 Å². The largest absolute Gasteiger partial charge is 0.216 e. The van der Waals surface area contributed by atoms with Crippen LogP contribution in [0.3, 0.4) is 0 Å². The minimum Gasteiger partial charge on any atom is -0.216 e. The summed E-state index contributed by atoms with van der Waals surface area (Å²) in [7, 11) is 0. The summed E-state index contributed by atoms with van der Waals surface area (Å²) >= 11 is 0. The average Bonchev–Trinajstić information content (AvgIpc) is 2.01. The molecule has 0 atom stereocenters. The van der Waals surface area contributed by atoms with Gasteiger partial charge in [0.25, 0.3) is 0 Å². The molecule has 0 aromatic heterocycles. The Morgan fingerprint density at radius 1 is 1.36 bits per heavy atom. The fourth-order valence-electron chi connectivity index (χ4n) is 0.845. The first-order valence-corrected chi connectivity index (χ1v) is 3.32. The number of allylic oxidation sites excluding steroid dienone is 1. The van der Waals surface area contributed by atoms with Crippen molar-refractivity contribution >= 4 is 0 Å². The van der Waals surface area contributed by atoms with Crippen molar-refractivity contribution in [3.63, 3.8) is 0 Å². The third kappa shape index (κ3) is 2.50. The monoisotopic (exact) mass is 154 g/mol. The molecule has 0 bridgehead atoms. The molecule has 0 unspecified atom stereocenters. The molecular weight excluding hydrogens is 146 g/mol. The highest BCUT2D eigenvalue weighted by molar-refractivity contribution is 5.18. The van der Waals surface area contributed by atoms with E-state index in [1.807, 2.05) is 0 Å². The Kier molecular flexibility index (Phi) is 2.78. The standard InChI is InChI=1S/C9H8F2/c10-6-2-4-8-3-1-5-9(11)7-8/h1-3,5-7H,4H2. The summed E-state index contributed by atoms with van der Waals surface area (Å²) in [5, 5.41) is 0. The van der Waals surface area contributed by atoms with Crippen molar-refractivity contribution in [3.8, 4) is 0 Å². The van der Waals surface area contributed by atoms with Crippen molar-refractivity contribution in [2.45, 2.75) is 6.42 Å². The van der Waals surface area contributed by atoms with Crippen LogP contribution in [0.15, 0.2) is 36.7 Å². The van der Waals surface area contributed by atoms with E-state index in [1.54, 1.807) is 12.1 Å². The number of halogens is 2. The summed E-state index contributed by atoms with van der Waals surface area (Å²) in [5.41, 5.74) is 0.777. The molecule has 1 aromatic carbocycles. The third-order valence-corrected chi connectivity index (χ3v) is 1.33. The van der Waals surface area contributed by atoms with Gasteiger partial charge in [-0.05, 0) is 24.1 Å². The molecule has 1 rings (SSSR count). The second-order valence-electron chi connectivity index (χ2n) is 2.20. The van der Waals surface area contributed by atoms with Crippen LogP contribution in [0.25, 0.3) is 0 Å². The third-order valence-electron chi connectivity index (χ3n) is 1.33. The predicted molar refractivity (Wildman–Crippen MR) is 40.4 cm³/mol. The van der Waals surface area contributed by atoms with Crippen molar-refractivity contribution in [1.82, 2.24) is 0 Å². The van der Waals surface area contributed by atoms with Gasteiger partial charge in [-0.1, -0.05) is 18.2 Å². The van der Waals surface area contributed by atoms with Gasteiger partial charge in [-0.25, -0.2) is 8.78 Å². The van der Waals surface area contributed by atoms with Gasteiger partial charge in [-0.2, -0.15) is 0 Å². The summed E-state index contributed by atoms with van der Waals surface area (Å²) in [4.78, 5) is 0. The van der Waals surface area contributed by atoms with Crippen molar-refractivity contribution in [3.05, 3.63) is 48.1 Å². The van der Waals surface area contributed by atoms with E-state index < -0.39 is 0 Å². The molecule has 0 aliphatic heterocycles. The molecule has 0 heterocycles. The zero-order valence-electron chi connectivity index (χ0n) is 5.93. The maximum absolute atomic E-state index is 12.5. The average molecular weight is 154 g/mol. The van der Waals surface area contributed by atoms with Gasteiger partial charge in [0.15, 0.2) is 0 Å². The Morgan fingerprint density at radius 2 is 2.18 bits per heavy atom. The van der Waals surface area contributed by atoms with Crippen molar-refractivity contribution in [2.75, 3.05) is 0 Å². The van der Waals surface area contributed by atoms with Crippen LogP contribution in [-0.4, -0.2) is 0 Å². The maximum Gasteiger partial charge on any atom is 0.123 e. The lowest BCUT2D eigenvalue weighted by Gasteiger charge is -1.94. The molecule has 0 saturated heterocycles. The van der Waals surface area contributed by atoms with E-state index in [1.165, 1.54) is 18.2 Å². The summed E-state index contributed by atoms with van der Waals surface area (Å²) in [6.45, 7) is 0. The quantitative estimate of drug-likeness (QED) is 0.614. The molecule has 0 fully saturated rings. The van der Waals surface area contributed by atoms with Crippen molar-refractivity contribution in [1.29, 1.82) is 0 Å². The highest BCUT2D eigenvalue weighted by Crippen LogP contribution is 2.04. The zero-order valence-corrected chi connectivity index (χ0v) is 5.93. The van der Waals surface area contributed by atoms with E-state index >= 15 is 0 Å². The van der Waals surface area contributed by atoms with Crippen LogP contribution < -0.4 is 0 Å². The lowest BCUT2D eigenvalue weighted by atomic mass is 10.1. The molecule has 1 aromatic rings. The molecule has 0 nitrogen and oxygen atoms in total. The summed E-state index contributed by atoms with van der Waals surface area (Å²) in [6.07, 6.45) is 2.24. The molecule has 2 heteroatoms. The second-order valence-corrected chi connectivity index (χ2v) is 2.20. The molecule has 58 valence electrons. The van der Waals surface area contributed by atoms with Crippen molar-refractivity contribution in [2.24, 2.45) is 0 Å². The Hall–Kier alpha value is -1.18. The Balaban J connectivity index is 2.71. The topological polar surface area (TPSA) is 0 Å². The van der Waals surface area contributed by atoms with Crippen LogP contribution in [0.5, 0.6) is 0 Å². The van der Waals surface area contributed by atoms with Crippen LogP contribution in [0.4, 0.5) is 8.78 Å². The van der Waals surface area contributed by atoms with Crippen molar-refractivity contribution < 1.29 is 8.78 Å². The Bertz CT molecular complexity index is 253. The summed E-state index contributed by atoms with van der Waals surface area (Å²) in [5.74, 6) is -0.283. The molecule has 0 amide bonds. The summed E-state index contributed by atoms with van der Waals surface area (Å²) in [6, 6.07) is 6.11. The van der Waals surface area contributed by atoms with E-state index in [4.69, 9.17) is 0 Å². The first-order chi connectivity index (χ1) is 5.33. The minimum absolute atomic E-state index is 0.283. The van der Waals surface area contributed by atoms with Gasteiger partial charge < -0.3 is 0 Å². The normalized spacial score (nSPS) is 10.7. The van der Waals surface area contributed by atoms with Crippen LogP contribution in [0.1, 0.15) is 5.56 Å². The zero-order chi connectivity index (χ0) is 8.10. The van der Waals surface area contributed by atoms with E-state index in [0.717, 1.165) is 5.56 Å². The number of hydrogen-bond acceptors (Lipinski definition) is 0. The number of benzene rings is 1. The smallest absolute Gasteiger partial charge is 0.123 e. The van der Waals surface area contributed by atoms with Gasteiger partial charge in [0.1, 0.15) is 5.82 Å². The first kappa shape index (κ1) is 7.92. The van der Waals surface area contributed by atoms with Gasteiger partial charge in [0.2, 0.25) is 0 Å². The van der Waals surface area contributed by atoms with E-state index in [2.05, 4.69) is 0 Å². The Morgan fingerprint density at radius 3 is 2.82 bits per heavy atom. The molecule has 0 aliphatic carbocycles. The van der Waals surface area contributed by atoms with Gasteiger partial charge in [0, 0.05) is 0 Å². The van der Waals surface area contributed by atoms with Crippen LogP contribution in [0, 0.1) is 5.82 Å². The highest BCUT2D eigenvalue weighted by Gasteiger charge is 1.91. The van der Waals surface area contributed by atoms with Gasteiger partial charge >= 0.3 is 0 Å². The van der Waals surface area contributed by atoms with Gasteiger partial charge in [-0.3, -0.25) is 0 Å². The molecule has 0 aliphatic rings. The molecular formula is C9H8F2. The second kappa shape index (κ2) is 3.86. The minimum atomic E-state index is -0.283. The lowest BCUT2D eigenvalue weighted by molar-refractivity contribution is 0.626. The Labute approximate surface area is 64.2 Å². The fourth-order valence-corrected chi connectivity index (χ4v) is 0.845. The van der Waals surface area contributed by atoms with Gasteiger partial charge in [0.05, 0.1) is 6.33 Å². The fraction of sp³-hybridized carbons (Fsp3) is 0.111. The lowest BCUT2D eigenvalue weighted by Crippen LogP contribution is -1.81. The maximum atomic E-state index is 12.5. The van der Waals surface area contributed by atoms with E-state index in [-0.39, 0.29) is 5.82 Å². The molecule has 0 radical (unpaired) electrons. The number of hydrogen-bond donors (Lipinski definition) is 0. The summed E-state index contributed by atoms with van der Waals surface area (Å²) < 4.78 is 24.0. The highest BCUT2D eigenvalue weighted by atomic mass is 19.1. The molecule has 0 N–H and O–H groups in total. The van der Waals surface area contributed by atoms with Crippen LogP contribution >= 0.6 is 0 Å². The molecule has 0 spiro atoms. The first-order valence-electron chi connectivity index (χ1n) is 3.32. The van der Waals surface area contributed by atoms with E-state index in [9.17, 15) is 8.78 Å². The number of rotatable bonds is 2. The predicted octanol–water partition coefficient (Wildman–Crippen LogP) is 2.85.